The molecule has 0 aromatic carbocycles. The van der Waals surface area contributed by atoms with Gasteiger partial charge in [0.25, 0.3) is 0 Å². The molecule has 1 spiro atoms. The molecule has 1 amide bonds. The smallest absolute Gasteiger partial charge is 0.410 e. The minimum Gasteiger partial charge on any atom is -0.491 e. The number of pyridine rings is 1. The Morgan fingerprint density at radius 1 is 1.43 bits per heavy atom. The van der Waals surface area contributed by atoms with E-state index in [2.05, 4.69) is 11.1 Å². The number of ether oxygens (including phenoxy) is 2. The van der Waals surface area contributed by atoms with Gasteiger partial charge in [0.2, 0.25) is 0 Å². The van der Waals surface area contributed by atoms with Crippen molar-refractivity contribution in [3.05, 3.63) is 23.5 Å². The fourth-order valence-corrected chi connectivity index (χ4v) is 3.18. The molecule has 1 aromatic rings. The molecular weight excluding hydrogens is 294 g/mol. The lowest BCUT2D eigenvalue weighted by Crippen LogP contribution is -2.47. The molecule has 0 unspecified atom stereocenters. The Hall–Kier alpha value is -2.29. The van der Waals surface area contributed by atoms with Crippen molar-refractivity contribution in [2.24, 2.45) is 0 Å². The maximum Gasteiger partial charge on any atom is 0.410 e. The number of piperidine rings is 1. The Labute approximate surface area is 136 Å². The summed E-state index contributed by atoms with van der Waals surface area (Å²) in [4.78, 5) is 18.0. The van der Waals surface area contributed by atoms with Crippen molar-refractivity contribution in [1.29, 1.82) is 5.26 Å². The molecule has 3 heterocycles. The summed E-state index contributed by atoms with van der Waals surface area (Å²) < 4.78 is 11.2. The predicted molar refractivity (Wildman–Crippen MR) is 83.2 cm³/mol. The second-order valence-electron chi connectivity index (χ2n) is 7.21. The van der Waals surface area contributed by atoms with Crippen molar-refractivity contribution in [1.82, 2.24) is 9.88 Å². The summed E-state index contributed by atoms with van der Waals surface area (Å²) in [7, 11) is 0. The first kappa shape index (κ1) is 15.6. The molecule has 6 nitrogen and oxygen atoms in total. The van der Waals surface area contributed by atoms with Gasteiger partial charge in [0, 0.05) is 24.1 Å². The van der Waals surface area contributed by atoms with Crippen LogP contribution in [0.25, 0.3) is 0 Å². The van der Waals surface area contributed by atoms with E-state index in [1.807, 2.05) is 26.8 Å². The first-order valence-corrected chi connectivity index (χ1v) is 7.84. The number of likely N-dealkylation sites (tertiary alicyclic amines) is 1. The van der Waals surface area contributed by atoms with Gasteiger partial charge in [-0.15, -0.1) is 0 Å². The topological polar surface area (TPSA) is 75.4 Å². The minimum atomic E-state index is -0.483. The molecular formula is C17H21N3O3. The quantitative estimate of drug-likeness (QED) is 0.735. The Morgan fingerprint density at radius 2 is 2.13 bits per heavy atom. The summed E-state index contributed by atoms with van der Waals surface area (Å²) in [6.07, 6.45) is 2.96. The van der Waals surface area contributed by atoms with E-state index < -0.39 is 5.60 Å². The Balaban J connectivity index is 1.73. The van der Waals surface area contributed by atoms with Gasteiger partial charge in [-0.05, 0) is 39.7 Å². The summed E-state index contributed by atoms with van der Waals surface area (Å²) in [5.41, 5.74) is 0.849. The van der Waals surface area contributed by atoms with Crippen molar-refractivity contribution in [2.45, 2.75) is 44.6 Å². The van der Waals surface area contributed by atoms with Crippen LogP contribution < -0.4 is 4.74 Å². The highest BCUT2D eigenvalue weighted by Crippen LogP contribution is 2.45. The number of fused-ring (bicyclic) bond motifs is 2. The van der Waals surface area contributed by atoms with E-state index in [0.717, 1.165) is 24.2 Å². The maximum absolute atomic E-state index is 12.2. The van der Waals surface area contributed by atoms with Crippen LogP contribution in [-0.2, 0) is 10.2 Å². The Bertz CT molecular complexity index is 665. The third kappa shape index (κ3) is 2.96. The number of rotatable bonds is 0. The third-order valence-corrected chi connectivity index (χ3v) is 4.43. The van der Waals surface area contributed by atoms with Crippen LogP contribution in [0.2, 0.25) is 0 Å². The molecule has 0 radical (unpaired) electrons. The molecule has 0 saturated carbocycles. The first-order chi connectivity index (χ1) is 10.8. The van der Waals surface area contributed by atoms with Gasteiger partial charge in [-0.3, -0.25) is 0 Å². The average molecular weight is 315 g/mol. The highest BCUT2D eigenvalue weighted by atomic mass is 16.6. The molecule has 0 bridgehead atoms. The van der Waals surface area contributed by atoms with Crippen molar-refractivity contribution in [3.8, 4) is 11.8 Å². The van der Waals surface area contributed by atoms with Crippen LogP contribution in [0, 0.1) is 11.3 Å². The van der Waals surface area contributed by atoms with Crippen LogP contribution in [0.1, 0.15) is 44.9 Å². The Morgan fingerprint density at radius 3 is 2.74 bits per heavy atom. The summed E-state index contributed by atoms with van der Waals surface area (Å²) in [5.74, 6) is 0.759. The minimum absolute atomic E-state index is 0.123. The van der Waals surface area contributed by atoms with Gasteiger partial charge in [-0.25, -0.2) is 9.78 Å². The molecule has 1 fully saturated rings. The Kier molecular flexibility index (Phi) is 3.67. The van der Waals surface area contributed by atoms with Gasteiger partial charge in [0.1, 0.15) is 23.1 Å². The molecule has 1 saturated heterocycles. The third-order valence-electron chi connectivity index (χ3n) is 4.43. The zero-order chi connectivity index (χ0) is 16.7. The molecule has 0 N–H and O–H groups in total. The largest absolute Gasteiger partial charge is 0.491 e. The number of carbonyl (C=O) groups is 1. The van der Waals surface area contributed by atoms with Gasteiger partial charge in [-0.2, -0.15) is 5.26 Å². The van der Waals surface area contributed by atoms with Crippen LogP contribution in [0.5, 0.6) is 5.75 Å². The average Bonchev–Trinajstić information content (AvgIpc) is 2.84. The maximum atomic E-state index is 12.2. The van der Waals surface area contributed by atoms with E-state index in [1.54, 1.807) is 11.1 Å². The van der Waals surface area contributed by atoms with Crippen LogP contribution in [0.15, 0.2) is 12.3 Å². The summed E-state index contributed by atoms with van der Waals surface area (Å²) in [6.45, 7) is 7.44. The van der Waals surface area contributed by atoms with Crippen LogP contribution in [-0.4, -0.2) is 41.3 Å². The molecule has 3 rings (SSSR count). The SMILES string of the molecule is CC(C)(C)OC(=O)N1CCC2(CC1)COc1cnc(C#N)cc12. The summed E-state index contributed by atoms with van der Waals surface area (Å²) in [5, 5.41) is 9.06. The number of carbonyl (C=O) groups excluding carboxylic acids is 1. The molecule has 122 valence electrons. The number of hydrogen-bond donors (Lipinski definition) is 0. The highest BCUT2D eigenvalue weighted by molar-refractivity contribution is 5.68. The lowest BCUT2D eigenvalue weighted by atomic mass is 9.74. The van der Waals surface area contributed by atoms with Gasteiger partial charge in [-0.1, -0.05) is 0 Å². The van der Waals surface area contributed by atoms with E-state index in [4.69, 9.17) is 14.7 Å². The highest BCUT2D eigenvalue weighted by Gasteiger charge is 2.44. The molecule has 0 aliphatic carbocycles. The fraction of sp³-hybridized carbons (Fsp3) is 0.588. The molecule has 0 atom stereocenters. The van der Waals surface area contributed by atoms with Gasteiger partial charge < -0.3 is 14.4 Å². The van der Waals surface area contributed by atoms with Crippen molar-refractivity contribution >= 4 is 6.09 Å². The number of amides is 1. The zero-order valence-corrected chi connectivity index (χ0v) is 13.8. The molecule has 6 heteroatoms. The monoisotopic (exact) mass is 315 g/mol. The lowest BCUT2D eigenvalue weighted by molar-refractivity contribution is 0.0152. The van der Waals surface area contributed by atoms with Crippen molar-refractivity contribution < 1.29 is 14.3 Å². The number of hydrogen-bond acceptors (Lipinski definition) is 5. The predicted octanol–water partition coefficient (Wildman–Crippen LogP) is 2.61. The standard InChI is InChI=1S/C17H21N3O3/c1-16(2,3)23-15(21)20-6-4-17(5-7-20)11-22-14-10-19-12(9-18)8-13(14)17/h8,10H,4-7,11H2,1-3H3. The molecule has 2 aliphatic heterocycles. The zero-order valence-electron chi connectivity index (χ0n) is 13.8. The summed E-state index contributed by atoms with van der Waals surface area (Å²) in [6, 6.07) is 3.91. The van der Waals surface area contributed by atoms with Crippen LogP contribution in [0.3, 0.4) is 0 Å². The second-order valence-corrected chi connectivity index (χ2v) is 7.21. The van der Waals surface area contributed by atoms with E-state index in [0.29, 0.717) is 25.4 Å². The summed E-state index contributed by atoms with van der Waals surface area (Å²) >= 11 is 0. The van der Waals surface area contributed by atoms with E-state index in [9.17, 15) is 4.79 Å². The fourth-order valence-electron chi connectivity index (χ4n) is 3.18. The number of nitrogens with zero attached hydrogens (tertiary/aromatic N) is 3. The van der Waals surface area contributed by atoms with Crippen LogP contribution >= 0.6 is 0 Å². The number of aromatic nitrogens is 1. The van der Waals surface area contributed by atoms with Crippen LogP contribution in [0.4, 0.5) is 4.79 Å². The van der Waals surface area contributed by atoms with E-state index in [-0.39, 0.29) is 11.5 Å². The van der Waals surface area contributed by atoms with Crippen molar-refractivity contribution in [2.75, 3.05) is 19.7 Å². The van der Waals surface area contributed by atoms with Gasteiger partial charge >= 0.3 is 6.09 Å². The molecule has 23 heavy (non-hydrogen) atoms. The van der Waals surface area contributed by atoms with E-state index >= 15 is 0 Å². The second kappa shape index (κ2) is 5.41. The normalized spacial score (nSPS) is 19.0. The van der Waals surface area contributed by atoms with E-state index in [1.165, 1.54) is 0 Å². The molecule has 1 aromatic heterocycles. The van der Waals surface area contributed by atoms with Gasteiger partial charge in [0.15, 0.2) is 0 Å². The lowest BCUT2D eigenvalue weighted by Gasteiger charge is -2.38. The first-order valence-electron chi connectivity index (χ1n) is 7.84. The van der Waals surface area contributed by atoms with Crippen molar-refractivity contribution in [3.63, 3.8) is 0 Å². The number of nitriles is 1. The molecule has 2 aliphatic rings. The van der Waals surface area contributed by atoms with Gasteiger partial charge in [0.05, 0.1) is 12.8 Å².